The molecule has 0 aromatic heterocycles. The summed E-state index contributed by atoms with van der Waals surface area (Å²) in [5.74, 6) is 0.00835. The Morgan fingerprint density at radius 2 is 1.57 bits per heavy atom. The number of carbonyl (C=O) groups is 2. The Labute approximate surface area is 139 Å². The van der Waals surface area contributed by atoms with E-state index in [2.05, 4.69) is 26.1 Å². The number of nitrogens with one attached hydrogen (secondary N) is 1. The minimum absolute atomic E-state index is 0.00835. The largest absolute Gasteiger partial charge is 0.444 e. The quantitative estimate of drug-likeness (QED) is 0.833. The third-order valence-electron chi connectivity index (χ3n) is 3.33. The van der Waals surface area contributed by atoms with E-state index in [-0.39, 0.29) is 23.7 Å². The van der Waals surface area contributed by atoms with E-state index in [0.717, 1.165) is 0 Å². The van der Waals surface area contributed by atoms with Gasteiger partial charge in [0.2, 0.25) is 0 Å². The van der Waals surface area contributed by atoms with Crippen molar-refractivity contribution in [1.29, 1.82) is 0 Å². The molecule has 23 heavy (non-hydrogen) atoms. The van der Waals surface area contributed by atoms with Gasteiger partial charge in [-0.05, 0) is 38.7 Å². The van der Waals surface area contributed by atoms with Gasteiger partial charge in [-0.3, -0.25) is 4.79 Å². The first-order valence-electron chi connectivity index (χ1n) is 8.02. The standard InChI is InChI=1S/C19H29NO3/c1-13(20-17(22)23-19(5,6)7)12-16(21)14-8-10-15(11-9-14)18(2,3)4/h8-11,13H,12H2,1-7H3,(H,20,22). The zero-order valence-electron chi connectivity index (χ0n) is 15.3. The van der Waals surface area contributed by atoms with Crippen molar-refractivity contribution >= 4 is 11.9 Å². The summed E-state index contributed by atoms with van der Waals surface area (Å²) in [6.07, 6.45) is -0.255. The average molecular weight is 319 g/mol. The van der Waals surface area contributed by atoms with Gasteiger partial charge in [-0.1, -0.05) is 45.0 Å². The molecule has 4 nitrogen and oxygen atoms in total. The van der Waals surface area contributed by atoms with E-state index in [1.807, 2.05) is 24.3 Å². The fourth-order valence-corrected chi connectivity index (χ4v) is 2.11. The molecule has 0 fully saturated rings. The van der Waals surface area contributed by atoms with Crippen molar-refractivity contribution in [2.45, 2.75) is 71.9 Å². The lowest BCUT2D eigenvalue weighted by atomic mass is 9.86. The number of ketones is 1. The number of alkyl carbamates (subject to hydrolysis) is 1. The highest BCUT2D eigenvalue weighted by atomic mass is 16.6. The van der Waals surface area contributed by atoms with Crippen LogP contribution < -0.4 is 5.32 Å². The zero-order chi connectivity index (χ0) is 17.8. The Morgan fingerprint density at radius 1 is 1.04 bits per heavy atom. The summed E-state index contributed by atoms with van der Waals surface area (Å²) in [7, 11) is 0. The molecule has 0 spiro atoms. The maximum atomic E-state index is 12.3. The molecule has 0 radical (unpaired) electrons. The lowest BCUT2D eigenvalue weighted by Gasteiger charge is -2.22. The Bertz CT molecular complexity index is 547. The molecular weight excluding hydrogens is 290 g/mol. The first kappa shape index (κ1) is 19.2. The van der Waals surface area contributed by atoms with Gasteiger partial charge in [0.1, 0.15) is 5.60 Å². The molecule has 0 saturated carbocycles. The molecule has 1 aromatic rings. The molecule has 1 atom stereocenters. The van der Waals surface area contributed by atoms with Crippen LogP contribution in [-0.4, -0.2) is 23.5 Å². The van der Waals surface area contributed by atoms with Crippen molar-refractivity contribution < 1.29 is 14.3 Å². The van der Waals surface area contributed by atoms with Crippen molar-refractivity contribution in [3.8, 4) is 0 Å². The van der Waals surface area contributed by atoms with Crippen molar-refractivity contribution in [1.82, 2.24) is 5.32 Å². The average Bonchev–Trinajstić information content (AvgIpc) is 2.35. The maximum absolute atomic E-state index is 12.3. The number of hydrogen-bond acceptors (Lipinski definition) is 3. The van der Waals surface area contributed by atoms with Crippen LogP contribution in [0.25, 0.3) is 0 Å². The normalized spacial score (nSPS) is 13.3. The van der Waals surface area contributed by atoms with Crippen LogP contribution in [0.3, 0.4) is 0 Å². The Balaban J connectivity index is 2.60. The lowest BCUT2D eigenvalue weighted by molar-refractivity contribution is 0.0506. The summed E-state index contributed by atoms with van der Waals surface area (Å²) in [5.41, 5.74) is 1.37. The summed E-state index contributed by atoms with van der Waals surface area (Å²) in [5, 5.41) is 2.69. The van der Waals surface area contributed by atoms with Gasteiger partial charge in [-0.2, -0.15) is 0 Å². The van der Waals surface area contributed by atoms with Gasteiger partial charge in [0.25, 0.3) is 0 Å². The molecule has 1 rings (SSSR count). The predicted octanol–water partition coefficient (Wildman–Crippen LogP) is 4.47. The van der Waals surface area contributed by atoms with E-state index in [1.54, 1.807) is 27.7 Å². The van der Waals surface area contributed by atoms with Crippen LogP contribution in [0.15, 0.2) is 24.3 Å². The number of amides is 1. The first-order valence-corrected chi connectivity index (χ1v) is 8.02. The molecule has 4 heteroatoms. The van der Waals surface area contributed by atoms with E-state index in [9.17, 15) is 9.59 Å². The molecule has 128 valence electrons. The molecule has 0 aliphatic heterocycles. The van der Waals surface area contributed by atoms with Crippen LogP contribution in [0.4, 0.5) is 4.79 Å². The third kappa shape index (κ3) is 6.85. The van der Waals surface area contributed by atoms with E-state index in [1.165, 1.54) is 5.56 Å². The van der Waals surface area contributed by atoms with Gasteiger partial charge in [0.15, 0.2) is 5.78 Å². The van der Waals surface area contributed by atoms with Crippen LogP contribution in [0.5, 0.6) is 0 Å². The van der Waals surface area contributed by atoms with Crippen molar-refractivity contribution in [3.05, 3.63) is 35.4 Å². The molecule has 1 aromatic carbocycles. The van der Waals surface area contributed by atoms with Gasteiger partial charge in [-0.25, -0.2) is 4.79 Å². The SMILES string of the molecule is CC(CC(=O)c1ccc(C(C)(C)C)cc1)NC(=O)OC(C)(C)C. The molecule has 1 N–H and O–H groups in total. The number of carbonyl (C=O) groups excluding carboxylic acids is 2. The van der Waals surface area contributed by atoms with Crippen LogP contribution >= 0.6 is 0 Å². The monoisotopic (exact) mass is 319 g/mol. The number of Topliss-reactive ketones (excluding diaryl/α,β-unsaturated/α-hetero) is 1. The molecule has 0 heterocycles. The molecule has 0 bridgehead atoms. The molecule has 0 aliphatic carbocycles. The summed E-state index contributed by atoms with van der Waals surface area (Å²) in [6.45, 7) is 13.6. The smallest absolute Gasteiger partial charge is 0.407 e. The number of rotatable bonds is 4. The van der Waals surface area contributed by atoms with Gasteiger partial charge in [-0.15, -0.1) is 0 Å². The highest BCUT2D eigenvalue weighted by Gasteiger charge is 2.20. The maximum Gasteiger partial charge on any atom is 0.407 e. The first-order chi connectivity index (χ1) is 10.4. The minimum atomic E-state index is -0.545. The second-order valence-electron chi connectivity index (χ2n) is 8.00. The Hall–Kier alpha value is -1.84. The number of hydrogen-bond donors (Lipinski definition) is 1. The van der Waals surface area contributed by atoms with Gasteiger partial charge in [0.05, 0.1) is 0 Å². The van der Waals surface area contributed by atoms with Crippen LogP contribution in [0, 0.1) is 0 Å². The van der Waals surface area contributed by atoms with E-state index < -0.39 is 11.7 Å². The third-order valence-corrected chi connectivity index (χ3v) is 3.33. The van der Waals surface area contributed by atoms with Crippen LogP contribution in [-0.2, 0) is 10.2 Å². The van der Waals surface area contributed by atoms with Gasteiger partial charge in [0, 0.05) is 18.0 Å². The Kier molecular flexibility index (Phi) is 5.98. The molecule has 0 aliphatic rings. The van der Waals surface area contributed by atoms with Gasteiger partial charge >= 0.3 is 6.09 Å². The fraction of sp³-hybridized carbons (Fsp3) is 0.579. The number of ether oxygens (including phenoxy) is 1. The van der Waals surface area contributed by atoms with Gasteiger partial charge < -0.3 is 10.1 Å². The van der Waals surface area contributed by atoms with Crippen molar-refractivity contribution in [3.63, 3.8) is 0 Å². The van der Waals surface area contributed by atoms with E-state index in [0.29, 0.717) is 5.56 Å². The van der Waals surface area contributed by atoms with Crippen LogP contribution in [0.2, 0.25) is 0 Å². The predicted molar refractivity (Wildman–Crippen MR) is 92.9 cm³/mol. The van der Waals surface area contributed by atoms with E-state index >= 15 is 0 Å². The summed E-state index contributed by atoms with van der Waals surface area (Å²) in [4.78, 5) is 24.0. The van der Waals surface area contributed by atoms with Crippen molar-refractivity contribution in [2.24, 2.45) is 0 Å². The fourth-order valence-electron chi connectivity index (χ4n) is 2.11. The van der Waals surface area contributed by atoms with E-state index in [4.69, 9.17) is 4.74 Å². The molecular formula is C19H29NO3. The Morgan fingerprint density at radius 3 is 2.00 bits per heavy atom. The molecule has 0 saturated heterocycles. The molecule has 1 amide bonds. The second kappa shape index (κ2) is 7.16. The topological polar surface area (TPSA) is 55.4 Å². The highest BCUT2D eigenvalue weighted by Crippen LogP contribution is 2.22. The highest BCUT2D eigenvalue weighted by molar-refractivity contribution is 5.96. The number of benzene rings is 1. The molecule has 1 unspecified atom stereocenters. The second-order valence-corrected chi connectivity index (χ2v) is 8.00. The zero-order valence-corrected chi connectivity index (χ0v) is 15.3. The summed E-state index contributed by atoms with van der Waals surface area (Å²) in [6, 6.07) is 7.39. The minimum Gasteiger partial charge on any atom is -0.444 e. The van der Waals surface area contributed by atoms with Crippen molar-refractivity contribution in [2.75, 3.05) is 0 Å². The lowest BCUT2D eigenvalue weighted by Crippen LogP contribution is -2.38. The van der Waals surface area contributed by atoms with Crippen LogP contribution in [0.1, 0.15) is 70.8 Å². The summed E-state index contributed by atoms with van der Waals surface area (Å²) >= 11 is 0. The summed E-state index contributed by atoms with van der Waals surface area (Å²) < 4.78 is 5.19.